The second kappa shape index (κ2) is 9.55. The van der Waals surface area contributed by atoms with Gasteiger partial charge in [0.05, 0.1) is 5.75 Å². The van der Waals surface area contributed by atoms with Crippen LogP contribution < -0.4 is 10.6 Å². The first-order valence-electron chi connectivity index (χ1n) is 9.62. The van der Waals surface area contributed by atoms with E-state index in [1.807, 2.05) is 0 Å². The number of carbonyl (C=O) groups is 1. The molecule has 7 heteroatoms. The number of hydrogen-bond acceptors (Lipinski definition) is 6. The van der Waals surface area contributed by atoms with Crippen molar-refractivity contribution in [1.29, 1.82) is 0 Å². The summed E-state index contributed by atoms with van der Waals surface area (Å²) in [6.07, 6.45) is 4.61. The molecule has 1 saturated carbocycles. The zero-order valence-corrected chi connectivity index (χ0v) is 17.8. The van der Waals surface area contributed by atoms with Gasteiger partial charge in [-0.1, -0.05) is 56.0 Å². The predicted molar refractivity (Wildman–Crippen MR) is 114 cm³/mol. The molecule has 0 bridgehead atoms. The number of nitrogens with one attached hydrogen (secondary N) is 2. The first kappa shape index (κ1) is 20.1. The number of thioether (sulfide) groups is 1. The largest absolute Gasteiger partial charge is 0.353 e. The second-order valence-corrected chi connectivity index (χ2v) is 9.79. The van der Waals surface area contributed by atoms with Gasteiger partial charge in [-0.3, -0.25) is 4.79 Å². The van der Waals surface area contributed by atoms with Gasteiger partial charge < -0.3 is 10.6 Å². The highest BCUT2D eigenvalue weighted by molar-refractivity contribution is 8.01. The fourth-order valence-corrected chi connectivity index (χ4v) is 4.78. The molecule has 0 saturated heterocycles. The number of rotatable bonds is 7. The molecular formula is C20H28N4OS2. The van der Waals surface area contributed by atoms with E-state index in [4.69, 9.17) is 0 Å². The minimum absolute atomic E-state index is 0.0912. The van der Waals surface area contributed by atoms with Crippen LogP contribution in [-0.2, 0) is 4.79 Å². The summed E-state index contributed by atoms with van der Waals surface area (Å²) in [5, 5.41) is 15.5. The maximum absolute atomic E-state index is 12.2. The Labute approximate surface area is 169 Å². The first-order valence-corrected chi connectivity index (χ1v) is 11.4. The van der Waals surface area contributed by atoms with E-state index in [0.717, 1.165) is 33.9 Å². The van der Waals surface area contributed by atoms with Gasteiger partial charge in [-0.15, -0.1) is 10.2 Å². The lowest BCUT2D eigenvalue weighted by atomic mass is 9.87. The van der Waals surface area contributed by atoms with Crippen molar-refractivity contribution in [1.82, 2.24) is 15.5 Å². The van der Waals surface area contributed by atoms with Crippen LogP contribution in [0.2, 0.25) is 0 Å². The third kappa shape index (κ3) is 6.21. The summed E-state index contributed by atoms with van der Waals surface area (Å²) in [6.45, 7) is 6.65. The summed E-state index contributed by atoms with van der Waals surface area (Å²) in [6, 6.07) is 8.71. The van der Waals surface area contributed by atoms with Gasteiger partial charge in [0.1, 0.15) is 0 Å². The molecule has 27 heavy (non-hydrogen) atoms. The van der Waals surface area contributed by atoms with Crippen LogP contribution in [0, 0.1) is 5.92 Å². The lowest BCUT2D eigenvalue weighted by Gasteiger charge is -2.26. The molecule has 1 aromatic carbocycles. The minimum Gasteiger partial charge on any atom is -0.353 e. The van der Waals surface area contributed by atoms with Gasteiger partial charge in [-0.2, -0.15) is 0 Å². The summed E-state index contributed by atoms with van der Waals surface area (Å²) < 4.78 is 0.809. The number of anilines is 2. The van der Waals surface area contributed by atoms with Gasteiger partial charge in [0.15, 0.2) is 4.34 Å². The molecule has 2 N–H and O–H groups in total. The summed E-state index contributed by atoms with van der Waals surface area (Å²) in [7, 11) is 0. The molecule has 0 unspecified atom stereocenters. The third-order valence-electron chi connectivity index (χ3n) is 4.94. The SMILES string of the molecule is CC1CCC(NC(=O)CSc2nnc(Nc3ccc(C(C)C)cc3)s2)CC1. The lowest BCUT2D eigenvalue weighted by molar-refractivity contribution is -0.119. The van der Waals surface area contributed by atoms with Gasteiger partial charge in [0.2, 0.25) is 11.0 Å². The standard InChI is InChI=1S/C20H28N4OS2/c1-13(2)15-6-10-17(11-7-15)22-19-23-24-20(27-19)26-12-18(25)21-16-8-4-14(3)5-9-16/h6-7,10-11,13-14,16H,4-5,8-9,12H2,1-3H3,(H,21,25)(H,22,23). The van der Waals surface area contributed by atoms with Crippen molar-refractivity contribution in [3.8, 4) is 0 Å². The van der Waals surface area contributed by atoms with Crippen LogP contribution in [0.1, 0.15) is 57.9 Å². The monoisotopic (exact) mass is 404 g/mol. The third-order valence-corrected chi connectivity index (χ3v) is 6.91. The Morgan fingerprint density at radius 3 is 2.56 bits per heavy atom. The van der Waals surface area contributed by atoms with E-state index >= 15 is 0 Å². The Balaban J connectivity index is 1.44. The minimum atomic E-state index is 0.0912. The Morgan fingerprint density at radius 1 is 1.19 bits per heavy atom. The van der Waals surface area contributed by atoms with E-state index in [1.165, 1.54) is 41.5 Å². The van der Waals surface area contributed by atoms with E-state index in [0.29, 0.717) is 17.7 Å². The maximum Gasteiger partial charge on any atom is 0.230 e. The van der Waals surface area contributed by atoms with Crippen LogP contribution in [0.15, 0.2) is 28.6 Å². The zero-order chi connectivity index (χ0) is 19.2. The van der Waals surface area contributed by atoms with Crippen LogP contribution in [0.5, 0.6) is 0 Å². The molecule has 1 aromatic heterocycles. The lowest BCUT2D eigenvalue weighted by Crippen LogP contribution is -2.38. The van der Waals surface area contributed by atoms with E-state index < -0.39 is 0 Å². The molecule has 0 spiro atoms. The smallest absolute Gasteiger partial charge is 0.230 e. The number of carbonyl (C=O) groups excluding carboxylic acids is 1. The van der Waals surface area contributed by atoms with Crippen LogP contribution in [0.3, 0.4) is 0 Å². The van der Waals surface area contributed by atoms with Crippen LogP contribution in [0.25, 0.3) is 0 Å². The van der Waals surface area contributed by atoms with Gasteiger partial charge in [-0.05, 0) is 55.2 Å². The molecule has 1 heterocycles. The van der Waals surface area contributed by atoms with Crippen molar-refractivity contribution in [2.24, 2.45) is 5.92 Å². The number of amides is 1. The number of nitrogens with zero attached hydrogens (tertiary/aromatic N) is 2. The molecule has 3 rings (SSSR count). The Hall–Kier alpha value is -1.60. The summed E-state index contributed by atoms with van der Waals surface area (Å²) in [5.41, 5.74) is 2.31. The highest BCUT2D eigenvalue weighted by atomic mass is 32.2. The summed E-state index contributed by atoms with van der Waals surface area (Å²) in [5.74, 6) is 1.80. The van der Waals surface area contributed by atoms with Crippen molar-refractivity contribution in [2.45, 2.75) is 62.8 Å². The van der Waals surface area contributed by atoms with Crippen LogP contribution in [-0.4, -0.2) is 27.9 Å². The van der Waals surface area contributed by atoms with Crippen LogP contribution >= 0.6 is 23.1 Å². The predicted octanol–water partition coefficient (Wildman–Crippen LogP) is 5.19. The quantitative estimate of drug-likeness (QED) is 0.622. The van der Waals surface area contributed by atoms with Crippen LogP contribution in [0.4, 0.5) is 10.8 Å². The topological polar surface area (TPSA) is 66.9 Å². The van der Waals surface area contributed by atoms with E-state index in [2.05, 4.69) is 65.9 Å². The Kier molecular flexibility index (Phi) is 7.13. The highest BCUT2D eigenvalue weighted by Crippen LogP contribution is 2.28. The molecule has 1 aliphatic rings. The molecule has 0 aliphatic heterocycles. The van der Waals surface area contributed by atoms with E-state index in [-0.39, 0.29) is 5.91 Å². The number of benzene rings is 1. The van der Waals surface area contributed by atoms with Gasteiger partial charge in [-0.25, -0.2) is 0 Å². The molecule has 1 aliphatic carbocycles. The second-order valence-electron chi connectivity index (χ2n) is 7.59. The molecule has 0 atom stereocenters. The van der Waals surface area contributed by atoms with Crippen molar-refractivity contribution in [3.05, 3.63) is 29.8 Å². The Bertz CT molecular complexity index is 737. The van der Waals surface area contributed by atoms with E-state index in [9.17, 15) is 4.79 Å². The van der Waals surface area contributed by atoms with Crippen molar-refractivity contribution in [2.75, 3.05) is 11.1 Å². The fraction of sp³-hybridized carbons (Fsp3) is 0.550. The zero-order valence-electron chi connectivity index (χ0n) is 16.2. The van der Waals surface area contributed by atoms with Gasteiger partial charge in [0.25, 0.3) is 0 Å². The van der Waals surface area contributed by atoms with Crippen molar-refractivity contribution < 1.29 is 4.79 Å². The number of hydrogen-bond donors (Lipinski definition) is 2. The fourth-order valence-electron chi connectivity index (χ4n) is 3.19. The van der Waals surface area contributed by atoms with Gasteiger partial charge >= 0.3 is 0 Å². The molecule has 2 aromatic rings. The highest BCUT2D eigenvalue weighted by Gasteiger charge is 2.20. The molecule has 0 radical (unpaired) electrons. The molecule has 1 fully saturated rings. The Morgan fingerprint density at radius 2 is 1.89 bits per heavy atom. The molecule has 5 nitrogen and oxygen atoms in total. The van der Waals surface area contributed by atoms with Crippen molar-refractivity contribution in [3.63, 3.8) is 0 Å². The molecule has 146 valence electrons. The van der Waals surface area contributed by atoms with E-state index in [1.54, 1.807) is 0 Å². The molecule has 1 amide bonds. The average Bonchev–Trinajstić information content (AvgIpc) is 3.10. The summed E-state index contributed by atoms with van der Waals surface area (Å²) in [4.78, 5) is 12.2. The van der Waals surface area contributed by atoms with Gasteiger partial charge in [0, 0.05) is 11.7 Å². The van der Waals surface area contributed by atoms with Crippen molar-refractivity contribution >= 4 is 39.8 Å². The maximum atomic E-state index is 12.2. The first-order chi connectivity index (χ1) is 13.0. The summed E-state index contributed by atoms with van der Waals surface area (Å²) >= 11 is 2.92. The molecular weight excluding hydrogens is 376 g/mol. The normalized spacial score (nSPS) is 19.9. The average molecular weight is 405 g/mol. The number of aromatic nitrogens is 2.